The van der Waals surface area contributed by atoms with E-state index in [2.05, 4.69) is 14.9 Å². The summed E-state index contributed by atoms with van der Waals surface area (Å²) < 4.78 is 35.4. The highest BCUT2D eigenvalue weighted by Gasteiger charge is 2.33. The molecule has 0 atom stereocenters. The Labute approximate surface area is 170 Å². The van der Waals surface area contributed by atoms with Gasteiger partial charge in [-0.1, -0.05) is 25.0 Å². The molecular weight excluding hydrogens is 390 g/mol. The average molecular weight is 416 g/mol. The Morgan fingerprint density at radius 3 is 2.28 bits per heavy atom. The average Bonchev–Trinajstić information content (AvgIpc) is 2.92. The second-order valence-corrected chi connectivity index (χ2v) is 9.61. The fourth-order valence-corrected chi connectivity index (χ4v) is 5.97. The maximum Gasteiger partial charge on any atom is 0.282 e. The van der Waals surface area contributed by atoms with E-state index in [0.29, 0.717) is 44.9 Å². The standard InChI is InChI=1S/C20H25N5O3S/c26-29(27,24-9-5-1-2-6-10-24)25-13-11-23(12-14-25)20-19-18(21-15-22-20)16-7-3-4-8-17(16)28-19/h3-4,7-8,15H,1-2,5-6,9-14H2. The molecule has 2 saturated heterocycles. The fraction of sp³-hybridized carbons (Fsp3) is 0.500. The summed E-state index contributed by atoms with van der Waals surface area (Å²) in [5.74, 6) is 0.734. The van der Waals surface area contributed by atoms with Gasteiger partial charge in [-0.2, -0.15) is 17.0 Å². The summed E-state index contributed by atoms with van der Waals surface area (Å²) >= 11 is 0. The maximum atomic E-state index is 13.1. The van der Waals surface area contributed by atoms with Gasteiger partial charge in [0.15, 0.2) is 11.4 Å². The highest BCUT2D eigenvalue weighted by atomic mass is 32.2. The molecule has 0 unspecified atom stereocenters. The van der Waals surface area contributed by atoms with Gasteiger partial charge in [0.2, 0.25) is 0 Å². The number of hydrogen-bond donors (Lipinski definition) is 0. The van der Waals surface area contributed by atoms with Crippen molar-refractivity contribution in [1.29, 1.82) is 0 Å². The summed E-state index contributed by atoms with van der Waals surface area (Å²) in [5.41, 5.74) is 2.24. The molecule has 0 saturated carbocycles. The van der Waals surface area contributed by atoms with Crippen molar-refractivity contribution in [1.82, 2.24) is 18.6 Å². The van der Waals surface area contributed by atoms with Crippen LogP contribution in [0.5, 0.6) is 0 Å². The zero-order valence-electron chi connectivity index (χ0n) is 16.3. The number of aromatic nitrogens is 2. The quantitative estimate of drug-likeness (QED) is 0.654. The summed E-state index contributed by atoms with van der Waals surface area (Å²) in [6, 6.07) is 7.81. The van der Waals surface area contributed by atoms with Gasteiger partial charge in [-0.3, -0.25) is 0 Å². The zero-order valence-corrected chi connectivity index (χ0v) is 17.1. The molecule has 2 fully saturated rings. The van der Waals surface area contributed by atoms with Crippen LogP contribution >= 0.6 is 0 Å². The molecular formula is C20H25N5O3S. The minimum atomic E-state index is -3.39. The van der Waals surface area contributed by atoms with Crippen molar-refractivity contribution >= 4 is 38.1 Å². The molecule has 5 rings (SSSR count). The van der Waals surface area contributed by atoms with Crippen LogP contribution < -0.4 is 4.90 Å². The number of fused-ring (bicyclic) bond motifs is 3. The van der Waals surface area contributed by atoms with E-state index in [1.54, 1.807) is 14.9 Å². The normalized spacial score (nSPS) is 20.3. The van der Waals surface area contributed by atoms with E-state index >= 15 is 0 Å². The Morgan fingerprint density at radius 1 is 0.828 bits per heavy atom. The Hall–Kier alpha value is -2.23. The monoisotopic (exact) mass is 415 g/mol. The van der Waals surface area contributed by atoms with Gasteiger partial charge in [0.05, 0.1) is 0 Å². The second kappa shape index (κ2) is 7.55. The number of piperazine rings is 1. The minimum absolute atomic E-state index is 0.449. The molecule has 4 heterocycles. The van der Waals surface area contributed by atoms with E-state index in [9.17, 15) is 8.42 Å². The van der Waals surface area contributed by atoms with Crippen LogP contribution in [0, 0.1) is 0 Å². The highest BCUT2D eigenvalue weighted by Crippen LogP contribution is 2.32. The van der Waals surface area contributed by atoms with Crippen molar-refractivity contribution in [2.75, 3.05) is 44.2 Å². The minimum Gasteiger partial charge on any atom is -0.450 e. The van der Waals surface area contributed by atoms with E-state index in [1.165, 1.54) is 0 Å². The number of furan rings is 1. The lowest BCUT2D eigenvalue weighted by atomic mass is 10.2. The molecule has 0 radical (unpaired) electrons. The van der Waals surface area contributed by atoms with E-state index in [0.717, 1.165) is 48.0 Å². The van der Waals surface area contributed by atoms with Crippen molar-refractivity contribution in [2.24, 2.45) is 0 Å². The van der Waals surface area contributed by atoms with E-state index in [-0.39, 0.29) is 0 Å². The number of anilines is 1. The van der Waals surface area contributed by atoms with Gasteiger partial charge in [0.1, 0.15) is 17.4 Å². The van der Waals surface area contributed by atoms with Gasteiger partial charge in [0.25, 0.3) is 10.2 Å². The molecule has 0 bridgehead atoms. The van der Waals surface area contributed by atoms with Gasteiger partial charge in [-0.25, -0.2) is 9.97 Å². The van der Waals surface area contributed by atoms with Crippen LogP contribution in [0.2, 0.25) is 0 Å². The summed E-state index contributed by atoms with van der Waals surface area (Å²) in [7, 11) is -3.39. The van der Waals surface area contributed by atoms with Gasteiger partial charge in [0, 0.05) is 44.7 Å². The van der Waals surface area contributed by atoms with Crippen LogP contribution in [0.15, 0.2) is 35.0 Å². The molecule has 1 aromatic carbocycles. The van der Waals surface area contributed by atoms with Crippen LogP contribution in [0.4, 0.5) is 5.82 Å². The molecule has 29 heavy (non-hydrogen) atoms. The first-order valence-electron chi connectivity index (χ1n) is 10.3. The first kappa shape index (κ1) is 18.8. The topological polar surface area (TPSA) is 82.8 Å². The first-order valence-corrected chi connectivity index (χ1v) is 11.7. The Morgan fingerprint density at radius 2 is 1.52 bits per heavy atom. The van der Waals surface area contributed by atoms with Crippen LogP contribution in [-0.2, 0) is 10.2 Å². The molecule has 0 amide bonds. The first-order chi connectivity index (χ1) is 14.1. The Balaban J connectivity index is 1.37. The summed E-state index contributed by atoms with van der Waals surface area (Å²) in [6.45, 7) is 3.32. The number of nitrogens with zero attached hydrogens (tertiary/aromatic N) is 5. The van der Waals surface area contributed by atoms with Crippen LogP contribution in [0.3, 0.4) is 0 Å². The summed E-state index contributed by atoms with van der Waals surface area (Å²) in [4.78, 5) is 11.0. The summed E-state index contributed by atoms with van der Waals surface area (Å²) in [6.07, 6.45) is 5.68. The lowest BCUT2D eigenvalue weighted by molar-refractivity contribution is 0.327. The largest absolute Gasteiger partial charge is 0.450 e. The molecule has 8 nitrogen and oxygen atoms in total. The lowest BCUT2D eigenvalue weighted by Gasteiger charge is -2.36. The Kier molecular flexibility index (Phi) is 4.89. The van der Waals surface area contributed by atoms with Crippen molar-refractivity contribution in [3.05, 3.63) is 30.6 Å². The number of hydrogen-bond acceptors (Lipinski definition) is 6. The van der Waals surface area contributed by atoms with Gasteiger partial charge >= 0.3 is 0 Å². The van der Waals surface area contributed by atoms with E-state index < -0.39 is 10.2 Å². The van der Waals surface area contributed by atoms with Crippen molar-refractivity contribution < 1.29 is 12.8 Å². The van der Waals surface area contributed by atoms with Gasteiger partial charge in [-0.15, -0.1) is 0 Å². The molecule has 154 valence electrons. The third-order valence-electron chi connectivity index (χ3n) is 5.89. The molecule has 0 aliphatic carbocycles. The fourth-order valence-electron chi connectivity index (χ4n) is 4.30. The molecule has 3 aromatic rings. The smallest absolute Gasteiger partial charge is 0.282 e. The molecule has 0 spiro atoms. The molecule has 2 aliphatic heterocycles. The molecule has 2 aliphatic rings. The molecule has 2 aromatic heterocycles. The number of rotatable bonds is 3. The predicted molar refractivity (Wildman–Crippen MR) is 112 cm³/mol. The van der Waals surface area contributed by atoms with Gasteiger partial charge < -0.3 is 9.32 Å². The highest BCUT2D eigenvalue weighted by molar-refractivity contribution is 7.86. The Bertz CT molecular complexity index is 1110. The SMILES string of the molecule is O=S(=O)(N1CCCCCC1)N1CCN(c2ncnc3c2oc2ccccc23)CC1. The van der Waals surface area contributed by atoms with Crippen molar-refractivity contribution in [3.63, 3.8) is 0 Å². The lowest BCUT2D eigenvalue weighted by Crippen LogP contribution is -2.53. The molecule has 0 N–H and O–H groups in total. The second-order valence-electron chi connectivity index (χ2n) is 7.68. The number of benzene rings is 1. The third-order valence-corrected chi connectivity index (χ3v) is 7.93. The van der Waals surface area contributed by atoms with Crippen LogP contribution in [0.25, 0.3) is 22.1 Å². The summed E-state index contributed by atoms with van der Waals surface area (Å²) in [5, 5.41) is 0.966. The van der Waals surface area contributed by atoms with E-state index in [1.807, 2.05) is 24.3 Å². The molecule has 9 heteroatoms. The predicted octanol–water partition coefficient (Wildman–Crippen LogP) is 2.62. The maximum absolute atomic E-state index is 13.1. The van der Waals surface area contributed by atoms with Crippen LogP contribution in [-0.4, -0.2) is 66.3 Å². The van der Waals surface area contributed by atoms with Crippen molar-refractivity contribution in [3.8, 4) is 0 Å². The van der Waals surface area contributed by atoms with Crippen molar-refractivity contribution in [2.45, 2.75) is 25.7 Å². The van der Waals surface area contributed by atoms with E-state index in [4.69, 9.17) is 4.42 Å². The zero-order chi connectivity index (χ0) is 19.8. The van der Waals surface area contributed by atoms with Gasteiger partial charge in [-0.05, 0) is 25.0 Å². The van der Waals surface area contributed by atoms with Crippen LogP contribution in [0.1, 0.15) is 25.7 Å². The third kappa shape index (κ3) is 3.37. The number of para-hydroxylation sites is 1.